The summed E-state index contributed by atoms with van der Waals surface area (Å²) in [5.41, 5.74) is 3.48. The number of aryl methyl sites for hydroxylation is 1. The average Bonchev–Trinajstić information content (AvgIpc) is 2.49. The molecule has 2 aromatic carbocycles. The van der Waals surface area contributed by atoms with Crippen LogP contribution in [0.15, 0.2) is 59.2 Å². The highest BCUT2D eigenvalue weighted by atomic mass is 79.9. The van der Waals surface area contributed by atoms with Crippen molar-refractivity contribution in [1.82, 2.24) is 10.6 Å². The summed E-state index contributed by atoms with van der Waals surface area (Å²) < 4.78 is 1.01. The van der Waals surface area contributed by atoms with E-state index in [1.807, 2.05) is 30.3 Å². The Morgan fingerprint density at radius 3 is 2.68 bits per heavy atom. The van der Waals surface area contributed by atoms with E-state index in [1.165, 1.54) is 11.1 Å². The van der Waals surface area contributed by atoms with E-state index in [-0.39, 0.29) is 6.03 Å². The minimum absolute atomic E-state index is 0.196. The molecule has 0 saturated carbocycles. The number of rotatable bonds is 5. The molecule has 0 unspecified atom stereocenters. The van der Waals surface area contributed by atoms with Gasteiger partial charge in [-0.2, -0.15) is 0 Å². The Kier molecular flexibility index (Phi) is 6.22. The standard InChI is InChI=1S/C18H19BrN2O/c1-14-5-7-15(8-6-14)9-11-20-18(22)21-12-10-16-3-2-4-17(19)13-16/h2-8,10,12-13H,9,11H2,1H3,(H2,20,21,22)/b12-10+. The highest BCUT2D eigenvalue weighted by molar-refractivity contribution is 9.10. The van der Waals surface area contributed by atoms with Gasteiger partial charge in [0.1, 0.15) is 0 Å². The van der Waals surface area contributed by atoms with Crippen LogP contribution in [0.2, 0.25) is 0 Å². The zero-order chi connectivity index (χ0) is 15.8. The molecule has 2 amide bonds. The largest absolute Gasteiger partial charge is 0.338 e. The molecule has 0 aliphatic rings. The molecule has 0 spiro atoms. The van der Waals surface area contributed by atoms with E-state index < -0.39 is 0 Å². The molecule has 2 rings (SSSR count). The summed E-state index contributed by atoms with van der Waals surface area (Å²) in [7, 11) is 0. The van der Waals surface area contributed by atoms with Gasteiger partial charge in [0.05, 0.1) is 0 Å². The summed E-state index contributed by atoms with van der Waals surface area (Å²) in [5, 5.41) is 5.53. The summed E-state index contributed by atoms with van der Waals surface area (Å²) in [5.74, 6) is 0. The number of hydrogen-bond acceptors (Lipinski definition) is 1. The molecule has 0 fully saturated rings. The Morgan fingerprint density at radius 2 is 1.95 bits per heavy atom. The predicted octanol–water partition coefficient (Wildman–Crippen LogP) is 4.27. The summed E-state index contributed by atoms with van der Waals surface area (Å²) in [6, 6.07) is 16.0. The first kappa shape index (κ1) is 16.3. The van der Waals surface area contributed by atoms with Crippen molar-refractivity contribution in [1.29, 1.82) is 0 Å². The van der Waals surface area contributed by atoms with Crippen LogP contribution in [0.5, 0.6) is 0 Å². The van der Waals surface area contributed by atoms with Gasteiger partial charge in [-0.15, -0.1) is 0 Å². The van der Waals surface area contributed by atoms with E-state index in [4.69, 9.17) is 0 Å². The molecule has 114 valence electrons. The SMILES string of the molecule is Cc1ccc(CCNC(=O)N/C=C/c2cccc(Br)c2)cc1. The number of benzene rings is 2. The summed E-state index contributed by atoms with van der Waals surface area (Å²) in [6.45, 7) is 2.67. The predicted molar refractivity (Wildman–Crippen MR) is 94.6 cm³/mol. The smallest absolute Gasteiger partial charge is 0.318 e. The fraction of sp³-hybridized carbons (Fsp3) is 0.167. The van der Waals surface area contributed by atoms with Gasteiger partial charge in [0, 0.05) is 17.2 Å². The van der Waals surface area contributed by atoms with Crippen LogP contribution in [0.25, 0.3) is 6.08 Å². The van der Waals surface area contributed by atoms with E-state index in [0.717, 1.165) is 16.5 Å². The highest BCUT2D eigenvalue weighted by Gasteiger charge is 1.97. The maximum Gasteiger partial charge on any atom is 0.318 e. The molecule has 3 nitrogen and oxygen atoms in total. The molecule has 22 heavy (non-hydrogen) atoms. The van der Waals surface area contributed by atoms with Crippen LogP contribution in [-0.4, -0.2) is 12.6 Å². The van der Waals surface area contributed by atoms with Gasteiger partial charge in [0.2, 0.25) is 0 Å². The normalized spacial score (nSPS) is 10.6. The van der Waals surface area contributed by atoms with Crippen molar-refractivity contribution < 1.29 is 4.79 Å². The van der Waals surface area contributed by atoms with Crippen molar-refractivity contribution >= 4 is 28.0 Å². The molecule has 0 atom stereocenters. The topological polar surface area (TPSA) is 41.1 Å². The van der Waals surface area contributed by atoms with Gasteiger partial charge in [0.15, 0.2) is 0 Å². The first-order chi connectivity index (χ1) is 10.6. The van der Waals surface area contributed by atoms with E-state index >= 15 is 0 Å². The lowest BCUT2D eigenvalue weighted by atomic mass is 10.1. The number of halogens is 1. The summed E-state index contributed by atoms with van der Waals surface area (Å²) >= 11 is 3.41. The second kappa shape index (κ2) is 8.39. The third-order valence-corrected chi connectivity index (χ3v) is 3.65. The lowest BCUT2D eigenvalue weighted by molar-refractivity contribution is 0.244. The molecule has 0 aliphatic heterocycles. The third-order valence-electron chi connectivity index (χ3n) is 3.16. The van der Waals surface area contributed by atoms with Gasteiger partial charge in [-0.3, -0.25) is 0 Å². The van der Waals surface area contributed by atoms with Crippen LogP contribution < -0.4 is 10.6 Å². The Morgan fingerprint density at radius 1 is 1.18 bits per heavy atom. The maximum absolute atomic E-state index is 11.7. The maximum atomic E-state index is 11.7. The zero-order valence-electron chi connectivity index (χ0n) is 12.5. The molecule has 4 heteroatoms. The average molecular weight is 359 g/mol. The lowest BCUT2D eigenvalue weighted by Gasteiger charge is -2.05. The monoisotopic (exact) mass is 358 g/mol. The van der Waals surface area contributed by atoms with Crippen molar-refractivity contribution in [2.75, 3.05) is 6.54 Å². The number of amides is 2. The highest BCUT2D eigenvalue weighted by Crippen LogP contribution is 2.12. The Balaban J connectivity index is 1.70. The quantitative estimate of drug-likeness (QED) is 0.823. The molecule has 2 N–H and O–H groups in total. The van der Waals surface area contributed by atoms with Crippen molar-refractivity contribution in [2.24, 2.45) is 0 Å². The Bertz CT molecular complexity index is 650. The molecular formula is C18H19BrN2O. The van der Waals surface area contributed by atoms with Crippen molar-refractivity contribution in [3.8, 4) is 0 Å². The lowest BCUT2D eigenvalue weighted by Crippen LogP contribution is -2.33. The van der Waals surface area contributed by atoms with Gasteiger partial charge in [-0.25, -0.2) is 4.79 Å². The van der Waals surface area contributed by atoms with Crippen molar-refractivity contribution in [3.05, 3.63) is 75.9 Å². The number of carbonyl (C=O) groups is 1. The van der Waals surface area contributed by atoms with Crippen LogP contribution >= 0.6 is 15.9 Å². The fourth-order valence-electron chi connectivity index (χ4n) is 1.95. The summed E-state index contributed by atoms with van der Waals surface area (Å²) in [6.07, 6.45) is 4.32. The minimum Gasteiger partial charge on any atom is -0.338 e. The van der Waals surface area contributed by atoms with Gasteiger partial charge < -0.3 is 10.6 Å². The van der Waals surface area contributed by atoms with Crippen molar-refractivity contribution in [2.45, 2.75) is 13.3 Å². The molecule has 0 aromatic heterocycles. The third kappa shape index (κ3) is 5.74. The van der Waals surface area contributed by atoms with Crippen molar-refractivity contribution in [3.63, 3.8) is 0 Å². The Labute approximate surface area is 139 Å². The zero-order valence-corrected chi connectivity index (χ0v) is 14.1. The van der Waals surface area contributed by atoms with Crippen LogP contribution in [0.4, 0.5) is 4.79 Å². The first-order valence-corrected chi connectivity index (χ1v) is 7.95. The molecular weight excluding hydrogens is 340 g/mol. The summed E-state index contributed by atoms with van der Waals surface area (Å²) in [4.78, 5) is 11.7. The molecule has 0 aliphatic carbocycles. The van der Waals surface area contributed by atoms with Crippen LogP contribution in [-0.2, 0) is 6.42 Å². The van der Waals surface area contributed by atoms with Gasteiger partial charge in [-0.1, -0.05) is 57.9 Å². The van der Waals surface area contributed by atoms with E-state index in [0.29, 0.717) is 6.54 Å². The number of urea groups is 1. The van der Waals surface area contributed by atoms with E-state index in [2.05, 4.69) is 57.8 Å². The number of carbonyl (C=O) groups excluding carboxylic acids is 1. The van der Waals surface area contributed by atoms with Crippen LogP contribution in [0.1, 0.15) is 16.7 Å². The van der Waals surface area contributed by atoms with E-state index in [9.17, 15) is 4.79 Å². The number of nitrogens with one attached hydrogen (secondary N) is 2. The Hall–Kier alpha value is -2.07. The van der Waals surface area contributed by atoms with E-state index in [1.54, 1.807) is 6.20 Å². The molecule has 0 saturated heterocycles. The molecule has 2 aromatic rings. The van der Waals surface area contributed by atoms with Gasteiger partial charge >= 0.3 is 6.03 Å². The second-order valence-corrected chi connectivity index (χ2v) is 5.94. The fourth-order valence-corrected chi connectivity index (χ4v) is 2.37. The second-order valence-electron chi connectivity index (χ2n) is 5.02. The molecule has 0 bridgehead atoms. The minimum atomic E-state index is -0.196. The first-order valence-electron chi connectivity index (χ1n) is 7.15. The molecule has 0 radical (unpaired) electrons. The molecule has 0 heterocycles. The van der Waals surface area contributed by atoms with Gasteiger partial charge in [0.25, 0.3) is 0 Å². The number of hydrogen-bond donors (Lipinski definition) is 2. The van der Waals surface area contributed by atoms with Gasteiger partial charge in [-0.05, 0) is 42.7 Å². The van der Waals surface area contributed by atoms with Crippen LogP contribution in [0.3, 0.4) is 0 Å². The van der Waals surface area contributed by atoms with Crippen LogP contribution in [0, 0.1) is 6.92 Å².